The molecule has 148 valence electrons. The van der Waals surface area contributed by atoms with Crippen LogP contribution in [0.4, 0.5) is 0 Å². The largest absolute Gasteiger partial charge is 0.0995 e. The summed E-state index contributed by atoms with van der Waals surface area (Å²) in [5.41, 5.74) is 8.34. The fourth-order valence-corrected chi connectivity index (χ4v) is 5.54. The van der Waals surface area contributed by atoms with Crippen LogP contribution in [-0.2, 0) is 0 Å². The quantitative estimate of drug-likeness (QED) is 0.461. The molecule has 0 saturated heterocycles. The number of fused-ring (bicyclic) bond motifs is 1. The number of benzene rings is 2. The van der Waals surface area contributed by atoms with Gasteiger partial charge in [0.05, 0.1) is 0 Å². The van der Waals surface area contributed by atoms with Crippen LogP contribution in [0.3, 0.4) is 0 Å². The zero-order valence-electron chi connectivity index (χ0n) is 17.8. The first-order chi connectivity index (χ1) is 14.1. The summed E-state index contributed by atoms with van der Waals surface area (Å²) < 4.78 is 0. The number of rotatable bonds is 5. The maximum absolute atomic E-state index is 4.62. The van der Waals surface area contributed by atoms with Gasteiger partial charge in [-0.3, -0.25) is 0 Å². The molecule has 1 fully saturated rings. The first-order valence-electron chi connectivity index (χ1n) is 11.0. The van der Waals surface area contributed by atoms with Gasteiger partial charge in [0.2, 0.25) is 0 Å². The second kappa shape index (κ2) is 8.41. The standard InChI is InChI=1S/C29H32/c1-5-12-20(2)27-21(3)17-26-19-25(18-23-13-8-6-9-14-23)22(4)28(26)29(27)24-15-10-7-11-16-24/h6-11,13-18,21,27-29H,2,4-5,12,19H2,1,3H3/b25-18+. The maximum Gasteiger partial charge on any atom is 0.0123 e. The minimum Gasteiger partial charge on any atom is -0.0995 e. The van der Waals surface area contributed by atoms with Gasteiger partial charge in [0.15, 0.2) is 0 Å². The molecule has 4 unspecified atom stereocenters. The molecule has 0 spiro atoms. The Kier molecular flexibility index (Phi) is 5.72. The van der Waals surface area contributed by atoms with E-state index in [9.17, 15) is 0 Å². The van der Waals surface area contributed by atoms with Crippen LogP contribution in [0.2, 0.25) is 0 Å². The van der Waals surface area contributed by atoms with E-state index >= 15 is 0 Å². The Labute approximate surface area is 176 Å². The molecular formula is C29H32. The zero-order chi connectivity index (χ0) is 20.4. The molecule has 0 heterocycles. The van der Waals surface area contributed by atoms with Gasteiger partial charge < -0.3 is 0 Å². The van der Waals surface area contributed by atoms with Crippen LogP contribution >= 0.6 is 0 Å². The van der Waals surface area contributed by atoms with Crippen LogP contribution in [0, 0.1) is 17.8 Å². The minimum atomic E-state index is 0.391. The Bertz CT molecular complexity index is 942. The predicted octanol–water partition coefficient (Wildman–Crippen LogP) is 7.98. The molecule has 0 N–H and O–H groups in total. The van der Waals surface area contributed by atoms with Crippen molar-refractivity contribution in [1.29, 1.82) is 0 Å². The summed E-state index contributed by atoms with van der Waals surface area (Å²) in [5, 5.41) is 0. The molecule has 2 aliphatic rings. The third-order valence-corrected chi connectivity index (χ3v) is 6.74. The van der Waals surface area contributed by atoms with Crippen molar-refractivity contribution < 1.29 is 0 Å². The molecule has 0 aromatic heterocycles. The molecule has 4 atom stereocenters. The topological polar surface area (TPSA) is 0 Å². The average molecular weight is 381 g/mol. The van der Waals surface area contributed by atoms with Crippen molar-refractivity contribution in [3.05, 3.63) is 113 Å². The summed E-state index contributed by atoms with van der Waals surface area (Å²) in [5.74, 6) is 1.80. The van der Waals surface area contributed by atoms with E-state index in [1.807, 2.05) is 0 Å². The Balaban J connectivity index is 1.77. The van der Waals surface area contributed by atoms with E-state index in [-0.39, 0.29) is 0 Å². The second-order valence-corrected chi connectivity index (χ2v) is 8.73. The molecular weight excluding hydrogens is 348 g/mol. The van der Waals surface area contributed by atoms with Gasteiger partial charge in [0.1, 0.15) is 0 Å². The lowest BCUT2D eigenvalue weighted by Gasteiger charge is -2.41. The lowest BCUT2D eigenvalue weighted by Crippen LogP contribution is -2.31. The molecule has 0 bridgehead atoms. The van der Waals surface area contributed by atoms with E-state index in [0.717, 1.165) is 19.3 Å². The minimum absolute atomic E-state index is 0.391. The molecule has 0 heteroatoms. The third-order valence-electron chi connectivity index (χ3n) is 6.74. The van der Waals surface area contributed by atoms with E-state index in [1.165, 1.54) is 27.8 Å². The van der Waals surface area contributed by atoms with Gasteiger partial charge in [-0.25, -0.2) is 0 Å². The van der Waals surface area contributed by atoms with Crippen LogP contribution in [0.1, 0.15) is 50.2 Å². The number of hydrogen-bond acceptors (Lipinski definition) is 0. The SMILES string of the molecule is C=C1/C(=C/c2ccccc2)CC2=CC(C)C(C(=C)CCC)C(c3ccccc3)C12. The Morgan fingerprint density at radius 2 is 1.69 bits per heavy atom. The highest BCUT2D eigenvalue weighted by molar-refractivity contribution is 5.64. The van der Waals surface area contributed by atoms with E-state index in [2.05, 4.69) is 99.8 Å². The van der Waals surface area contributed by atoms with E-state index < -0.39 is 0 Å². The fraction of sp³-hybridized carbons (Fsp3) is 0.310. The van der Waals surface area contributed by atoms with Crippen LogP contribution in [-0.4, -0.2) is 0 Å². The number of allylic oxidation sites excluding steroid dienone is 5. The summed E-state index contributed by atoms with van der Waals surface area (Å²) in [4.78, 5) is 0. The highest BCUT2D eigenvalue weighted by Gasteiger charge is 2.44. The average Bonchev–Trinajstić information content (AvgIpc) is 3.03. The molecule has 2 aliphatic carbocycles. The second-order valence-electron chi connectivity index (χ2n) is 8.73. The van der Waals surface area contributed by atoms with Gasteiger partial charge in [-0.2, -0.15) is 0 Å². The van der Waals surface area contributed by atoms with Gasteiger partial charge in [-0.1, -0.05) is 117 Å². The van der Waals surface area contributed by atoms with Crippen molar-refractivity contribution in [3.8, 4) is 0 Å². The number of hydrogen-bond donors (Lipinski definition) is 0. The Hall–Kier alpha value is -2.60. The highest BCUT2D eigenvalue weighted by atomic mass is 14.5. The lowest BCUT2D eigenvalue weighted by molar-refractivity contribution is 0.322. The first kappa shape index (κ1) is 19.7. The van der Waals surface area contributed by atoms with Gasteiger partial charge >= 0.3 is 0 Å². The highest BCUT2D eigenvalue weighted by Crippen LogP contribution is 2.56. The van der Waals surface area contributed by atoms with Crippen molar-refractivity contribution in [1.82, 2.24) is 0 Å². The third kappa shape index (κ3) is 3.81. The summed E-state index contributed by atoms with van der Waals surface area (Å²) >= 11 is 0. The summed E-state index contributed by atoms with van der Waals surface area (Å²) in [6.07, 6.45) is 8.16. The van der Waals surface area contributed by atoms with Crippen molar-refractivity contribution in [2.24, 2.45) is 17.8 Å². The molecule has 1 saturated carbocycles. The first-order valence-corrected chi connectivity index (χ1v) is 11.0. The molecule has 0 nitrogen and oxygen atoms in total. The summed E-state index contributed by atoms with van der Waals surface area (Å²) in [6.45, 7) is 13.8. The van der Waals surface area contributed by atoms with E-state index in [4.69, 9.17) is 0 Å². The normalized spacial score (nSPS) is 27.6. The van der Waals surface area contributed by atoms with Crippen LogP contribution in [0.15, 0.2) is 102 Å². The fourth-order valence-electron chi connectivity index (χ4n) is 5.54. The molecule has 0 aliphatic heterocycles. The van der Waals surface area contributed by atoms with Gasteiger partial charge in [0.25, 0.3) is 0 Å². The molecule has 4 rings (SSSR count). The molecule has 0 amide bonds. The van der Waals surface area contributed by atoms with Crippen LogP contribution in [0.5, 0.6) is 0 Å². The lowest BCUT2D eigenvalue weighted by atomic mass is 9.62. The molecule has 2 aromatic carbocycles. The Morgan fingerprint density at radius 1 is 1.03 bits per heavy atom. The van der Waals surface area contributed by atoms with Crippen molar-refractivity contribution >= 4 is 6.08 Å². The van der Waals surface area contributed by atoms with E-state index in [0.29, 0.717) is 23.7 Å². The van der Waals surface area contributed by atoms with E-state index in [1.54, 1.807) is 5.57 Å². The van der Waals surface area contributed by atoms with Crippen molar-refractivity contribution in [2.75, 3.05) is 0 Å². The predicted molar refractivity (Wildman–Crippen MR) is 126 cm³/mol. The smallest absolute Gasteiger partial charge is 0.0123 e. The van der Waals surface area contributed by atoms with Gasteiger partial charge in [-0.05, 0) is 47.0 Å². The van der Waals surface area contributed by atoms with Crippen LogP contribution in [0.25, 0.3) is 6.08 Å². The Morgan fingerprint density at radius 3 is 2.34 bits per heavy atom. The summed E-state index contributed by atoms with van der Waals surface area (Å²) in [6, 6.07) is 21.7. The molecule has 2 aromatic rings. The monoisotopic (exact) mass is 380 g/mol. The molecule has 29 heavy (non-hydrogen) atoms. The maximum atomic E-state index is 4.62. The molecule has 0 radical (unpaired) electrons. The van der Waals surface area contributed by atoms with Gasteiger partial charge in [0, 0.05) is 11.8 Å². The summed E-state index contributed by atoms with van der Waals surface area (Å²) in [7, 11) is 0. The van der Waals surface area contributed by atoms with Crippen molar-refractivity contribution in [3.63, 3.8) is 0 Å². The van der Waals surface area contributed by atoms with Crippen LogP contribution < -0.4 is 0 Å². The van der Waals surface area contributed by atoms with Crippen molar-refractivity contribution in [2.45, 2.75) is 39.0 Å². The van der Waals surface area contributed by atoms with Gasteiger partial charge in [-0.15, -0.1) is 0 Å². The zero-order valence-corrected chi connectivity index (χ0v) is 17.8.